The highest BCUT2D eigenvalue weighted by Crippen LogP contribution is 2.18. The summed E-state index contributed by atoms with van der Waals surface area (Å²) < 4.78 is 12.9. The van der Waals surface area contributed by atoms with Crippen molar-refractivity contribution in [3.05, 3.63) is 35.6 Å². The molecule has 0 saturated heterocycles. The Morgan fingerprint density at radius 3 is 3.07 bits per heavy atom. The molecule has 0 bridgehead atoms. The Labute approximate surface area is 89.9 Å². The number of halogens is 2. The first-order chi connectivity index (χ1) is 6.79. The first-order valence-corrected chi connectivity index (χ1v) is 5.46. The van der Waals surface area contributed by atoms with Crippen LogP contribution in [0.4, 0.5) is 4.39 Å². The fraction of sp³-hybridized carbons (Fsp3) is 0.300. The molecule has 0 aliphatic carbocycles. The van der Waals surface area contributed by atoms with E-state index in [0.717, 1.165) is 23.0 Å². The quantitative estimate of drug-likeness (QED) is 0.747. The van der Waals surface area contributed by atoms with Crippen molar-refractivity contribution in [1.82, 2.24) is 0 Å². The van der Waals surface area contributed by atoms with Crippen molar-refractivity contribution in [1.29, 1.82) is 0 Å². The Kier molecular flexibility index (Phi) is 2.82. The minimum atomic E-state index is -0.243. The summed E-state index contributed by atoms with van der Waals surface area (Å²) in [5, 5.41) is 4.66. The second-order valence-electron chi connectivity index (χ2n) is 3.13. The predicted molar refractivity (Wildman–Crippen MR) is 56.2 cm³/mol. The van der Waals surface area contributed by atoms with Crippen LogP contribution < -0.4 is 0 Å². The van der Waals surface area contributed by atoms with Gasteiger partial charge in [0.05, 0.1) is 5.71 Å². The monoisotopic (exact) mass is 257 g/mol. The third-order valence-corrected chi connectivity index (χ3v) is 2.79. The summed E-state index contributed by atoms with van der Waals surface area (Å²) in [5.74, 6) is -0.243. The Bertz CT molecular complexity index is 367. The van der Waals surface area contributed by atoms with Crippen molar-refractivity contribution < 1.29 is 9.23 Å². The van der Waals surface area contributed by atoms with Crippen LogP contribution in [0.3, 0.4) is 0 Å². The van der Waals surface area contributed by atoms with Gasteiger partial charge in [0.25, 0.3) is 0 Å². The van der Waals surface area contributed by atoms with Gasteiger partial charge in [-0.3, -0.25) is 0 Å². The normalized spacial score (nSPS) is 20.4. The molecule has 1 aromatic rings. The van der Waals surface area contributed by atoms with Gasteiger partial charge in [-0.2, -0.15) is 0 Å². The van der Waals surface area contributed by atoms with E-state index in [1.54, 1.807) is 6.07 Å². The van der Waals surface area contributed by atoms with Gasteiger partial charge < -0.3 is 4.84 Å². The molecule has 2 nitrogen and oxygen atoms in total. The van der Waals surface area contributed by atoms with Gasteiger partial charge in [0.1, 0.15) is 11.9 Å². The zero-order valence-corrected chi connectivity index (χ0v) is 9.00. The molecule has 1 aliphatic heterocycles. The highest BCUT2D eigenvalue weighted by Gasteiger charge is 2.20. The third kappa shape index (κ3) is 1.95. The molecule has 4 heteroatoms. The van der Waals surface area contributed by atoms with Crippen molar-refractivity contribution in [3.63, 3.8) is 0 Å². The lowest BCUT2D eigenvalue weighted by Crippen LogP contribution is -2.09. The van der Waals surface area contributed by atoms with E-state index >= 15 is 0 Å². The first kappa shape index (κ1) is 9.65. The van der Waals surface area contributed by atoms with E-state index in [1.165, 1.54) is 12.1 Å². The van der Waals surface area contributed by atoms with E-state index < -0.39 is 0 Å². The second kappa shape index (κ2) is 4.09. The predicted octanol–water partition coefficient (Wildman–Crippen LogP) is 2.71. The third-order valence-electron chi connectivity index (χ3n) is 2.06. The number of oxime groups is 1. The van der Waals surface area contributed by atoms with E-state index in [0.29, 0.717) is 0 Å². The Balaban J connectivity index is 2.17. The Hall–Kier alpha value is -0.900. The molecule has 1 heterocycles. The number of nitrogens with zero attached hydrogens (tertiary/aromatic N) is 1. The summed E-state index contributed by atoms with van der Waals surface area (Å²) in [6.45, 7) is 0. The number of alkyl halides is 1. The van der Waals surface area contributed by atoms with Crippen molar-refractivity contribution in [2.45, 2.75) is 12.5 Å². The molecule has 0 aromatic heterocycles. The minimum Gasteiger partial charge on any atom is -0.391 e. The van der Waals surface area contributed by atoms with Crippen LogP contribution in [-0.2, 0) is 4.84 Å². The molecule has 0 amide bonds. The van der Waals surface area contributed by atoms with E-state index in [9.17, 15) is 4.39 Å². The van der Waals surface area contributed by atoms with Gasteiger partial charge >= 0.3 is 0 Å². The highest BCUT2D eigenvalue weighted by atomic mass is 79.9. The maximum absolute atomic E-state index is 12.9. The molecule has 0 N–H and O–H groups in total. The zero-order chi connectivity index (χ0) is 9.97. The molecule has 14 heavy (non-hydrogen) atoms. The van der Waals surface area contributed by atoms with Crippen LogP contribution >= 0.6 is 15.9 Å². The molecule has 1 aromatic carbocycles. The van der Waals surface area contributed by atoms with E-state index in [-0.39, 0.29) is 11.9 Å². The van der Waals surface area contributed by atoms with Gasteiger partial charge in [0.15, 0.2) is 0 Å². The van der Waals surface area contributed by atoms with Crippen LogP contribution in [0.5, 0.6) is 0 Å². The molecule has 0 spiro atoms. The summed E-state index contributed by atoms with van der Waals surface area (Å²) in [6, 6.07) is 6.40. The summed E-state index contributed by atoms with van der Waals surface area (Å²) in [4.78, 5) is 5.13. The molecule has 74 valence electrons. The molecule has 2 rings (SSSR count). The number of hydrogen-bond acceptors (Lipinski definition) is 2. The fourth-order valence-corrected chi connectivity index (χ4v) is 1.70. The summed E-state index contributed by atoms with van der Waals surface area (Å²) in [5.41, 5.74) is 1.61. The number of hydrogen-bond donors (Lipinski definition) is 0. The van der Waals surface area contributed by atoms with Crippen LogP contribution in [0.2, 0.25) is 0 Å². The van der Waals surface area contributed by atoms with Crippen molar-refractivity contribution in [2.75, 3.05) is 5.33 Å². The maximum atomic E-state index is 12.9. The molecular formula is C10H9BrFNO. The molecule has 0 saturated carbocycles. The van der Waals surface area contributed by atoms with E-state index in [1.807, 2.05) is 6.07 Å². The highest BCUT2D eigenvalue weighted by molar-refractivity contribution is 9.09. The number of benzene rings is 1. The second-order valence-corrected chi connectivity index (χ2v) is 3.78. The zero-order valence-electron chi connectivity index (χ0n) is 7.41. The van der Waals surface area contributed by atoms with Crippen molar-refractivity contribution in [3.8, 4) is 0 Å². The average Bonchev–Trinajstić information content (AvgIpc) is 2.66. The number of rotatable bonds is 2. The van der Waals surface area contributed by atoms with Crippen molar-refractivity contribution in [2.24, 2.45) is 5.16 Å². The smallest absolute Gasteiger partial charge is 0.142 e. The van der Waals surface area contributed by atoms with Crippen LogP contribution in [0.25, 0.3) is 0 Å². The molecular weight excluding hydrogens is 249 g/mol. The largest absolute Gasteiger partial charge is 0.391 e. The van der Waals surface area contributed by atoms with Crippen LogP contribution in [0, 0.1) is 5.82 Å². The molecule has 0 unspecified atom stereocenters. The lowest BCUT2D eigenvalue weighted by atomic mass is 10.1. The average molecular weight is 258 g/mol. The topological polar surface area (TPSA) is 21.6 Å². The Morgan fingerprint density at radius 2 is 2.43 bits per heavy atom. The fourth-order valence-electron chi connectivity index (χ4n) is 1.35. The van der Waals surface area contributed by atoms with Gasteiger partial charge in [-0.05, 0) is 12.1 Å². The van der Waals surface area contributed by atoms with Crippen LogP contribution in [-0.4, -0.2) is 17.1 Å². The van der Waals surface area contributed by atoms with Gasteiger partial charge in [-0.1, -0.05) is 33.2 Å². The van der Waals surface area contributed by atoms with Gasteiger partial charge in [-0.15, -0.1) is 0 Å². The summed E-state index contributed by atoms with van der Waals surface area (Å²) >= 11 is 3.32. The summed E-state index contributed by atoms with van der Waals surface area (Å²) in [7, 11) is 0. The lowest BCUT2D eigenvalue weighted by molar-refractivity contribution is 0.104. The maximum Gasteiger partial charge on any atom is 0.142 e. The van der Waals surface area contributed by atoms with Gasteiger partial charge in [-0.25, -0.2) is 4.39 Å². The van der Waals surface area contributed by atoms with E-state index in [2.05, 4.69) is 21.1 Å². The molecule has 0 fully saturated rings. The Morgan fingerprint density at radius 1 is 1.57 bits per heavy atom. The van der Waals surface area contributed by atoms with Crippen LogP contribution in [0.1, 0.15) is 12.0 Å². The van der Waals surface area contributed by atoms with Crippen molar-refractivity contribution >= 4 is 21.6 Å². The van der Waals surface area contributed by atoms with Gasteiger partial charge in [0, 0.05) is 17.3 Å². The minimum absolute atomic E-state index is 0.0771. The molecule has 1 atom stereocenters. The SMILES string of the molecule is Fc1cccc(C2=NO[C@@H](CBr)C2)c1. The first-order valence-electron chi connectivity index (χ1n) is 4.34. The van der Waals surface area contributed by atoms with Crippen LogP contribution in [0.15, 0.2) is 29.4 Å². The lowest BCUT2D eigenvalue weighted by Gasteiger charge is -2.01. The summed E-state index contributed by atoms with van der Waals surface area (Å²) in [6.07, 6.45) is 0.808. The molecule has 1 aliphatic rings. The van der Waals surface area contributed by atoms with E-state index in [4.69, 9.17) is 4.84 Å². The standard InChI is InChI=1S/C10H9BrFNO/c11-6-9-5-10(13-14-9)7-2-1-3-8(12)4-7/h1-4,9H,5-6H2/t9-/m1/s1. The molecule has 0 radical (unpaired) electrons. The van der Waals surface area contributed by atoms with Gasteiger partial charge in [0.2, 0.25) is 0 Å².